The zero-order chi connectivity index (χ0) is 28.3. The smallest absolute Gasteiger partial charge is 0.329 e. The molecule has 1 aliphatic carbocycles. The molecule has 1 N–H and O–H groups in total. The minimum Gasteiger partial charge on any atom is -0.614 e. The normalized spacial score (nSPS) is 20.1. The fraction of sp³-hybridized carbons (Fsp3) is 0.581. The Hall–Kier alpha value is -3.40. The summed E-state index contributed by atoms with van der Waals surface area (Å²) in [6.07, 6.45) is 10.7. The molecule has 3 aliphatic rings. The van der Waals surface area contributed by atoms with Gasteiger partial charge in [0.25, 0.3) is 0 Å². The van der Waals surface area contributed by atoms with Crippen molar-refractivity contribution >= 4 is 22.8 Å². The van der Waals surface area contributed by atoms with E-state index in [1.165, 1.54) is 31.4 Å². The number of nitrogens with zero attached hydrogens (tertiary/aromatic N) is 6. The van der Waals surface area contributed by atoms with Crippen LogP contribution in [0.1, 0.15) is 69.4 Å². The van der Waals surface area contributed by atoms with Crippen molar-refractivity contribution in [1.29, 1.82) is 0 Å². The molecule has 2 saturated heterocycles. The highest BCUT2D eigenvalue weighted by atomic mass is 19.1. The second-order valence-electron chi connectivity index (χ2n) is 12.2. The number of halogens is 1. The summed E-state index contributed by atoms with van der Waals surface area (Å²) in [5, 5.41) is 2.09. The number of pyridine rings is 1. The average Bonchev–Trinajstić information content (AvgIpc) is 3.27. The fourth-order valence-corrected chi connectivity index (χ4v) is 7.24. The highest BCUT2D eigenvalue weighted by Gasteiger charge is 2.33. The van der Waals surface area contributed by atoms with Gasteiger partial charge in [-0.25, -0.2) is 9.18 Å². The molecule has 4 heterocycles. The third kappa shape index (κ3) is 5.98. The van der Waals surface area contributed by atoms with Gasteiger partial charge < -0.3 is 15.5 Å². The molecule has 218 valence electrons. The van der Waals surface area contributed by atoms with Gasteiger partial charge in [0.1, 0.15) is 12.0 Å². The van der Waals surface area contributed by atoms with Gasteiger partial charge >= 0.3 is 11.5 Å². The Morgan fingerprint density at radius 3 is 2.44 bits per heavy atom. The number of piperidine rings is 2. The number of amides is 1. The Bertz CT molecular complexity index is 1440. The van der Waals surface area contributed by atoms with Crippen LogP contribution in [0.4, 0.5) is 10.2 Å². The van der Waals surface area contributed by atoms with Crippen molar-refractivity contribution < 1.29 is 14.3 Å². The molecule has 0 bridgehead atoms. The number of benzene rings is 1. The van der Waals surface area contributed by atoms with Crippen molar-refractivity contribution in [1.82, 2.24) is 23.9 Å². The summed E-state index contributed by atoms with van der Waals surface area (Å²) in [6.45, 7) is 4.40. The van der Waals surface area contributed by atoms with E-state index in [2.05, 4.69) is 15.0 Å². The standard InChI is InChI=1S/C31H40FN7O2/c32-25-6-7-27-28(19-25)38(21-22-4-2-1-3-5-22)31(41)39(27)26-11-16-37(17-12-26)30(40)24-9-14-36(15-10-24)20-23-8-13-34-29(18-23)35-33/h6-8,13,18-19,22,24,26,35H,1-5,9-12,14-17,20-21H2. The predicted octanol–water partition coefficient (Wildman–Crippen LogP) is 3.73. The zero-order valence-electron chi connectivity index (χ0n) is 23.7. The van der Waals surface area contributed by atoms with Gasteiger partial charge in [0.05, 0.1) is 11.0 Å². The molecule has 2 aromatic heterocycles. The van der Waals surface area contributed by atoms with Crippen molar-refractivity contribution in [2.24, 2.45) is 11.8 Å². The molecule has 0 atom stereocenters. The van der Waals surface area contributed by atoms with Gasteiger partial charge in [0, 0.05) is 44.2 Å². The van der Waals surface area contributed by atoms with Crippen molar-refractivity contribution in [3.8, 4) is 0 Å². The van der Waals surface area contributed by atoms with Crippen molar-refractivity contribution in [2.45, 2.75) is 76.9 Å². The van der Waals surface area contributed by atoms with Crippen LogP contribution >= 0.6 is 0 Å². The second-order valence-corrected chi connectivity index (χ2v) is 12.2. The predicted molar refractivity (Wildman–Crippen MR) is 154 cm³/mol. The summed E-state index contributed by atoms with van der Waals surface area (Å²) in [7, 11) is 0. The monoisotopic (exact) mass is 561 g/mol. The number of hydrogen-bond acceptors (Lipinski definition) is 4. The van der Waals surface area contributed by atoms with Crippen LogP contribution in [0.2, 0.25) is 0 Å². The van der Waals surface area contributed by atoms with Crippen LogP contribution in [0.15, 0.2) is 41.3 Å². The van der Waals surface area contributed by atoms with Crippen molar-refractivity contribution in [2.75, 3.05) is 26.2 Å². The molecule has 0 unspecified atom stereocenters. The van der Waals surface area contributed by atoms with Gasteiger partial charge in [-0.1, -0.05) is 24.2 Å². The molecule has 1 amide bonds. The molecule has 3 fully saturated rings. The highest BCUT2D eigenvalue weighted by Crippen LogP contribution is 2.31. The van der Waals surface area contributed by atoms with Crippen LogP contribution in [0, 0.1) is 17.7 Å². The van der Waals surface area contributed by atoms with Crippen LogP contribution in [0.3, 0.4) is 0 Å². The number of likely N-dealkylation sites (tertiary alicyclic amines) is 2. The topological polar surface area (TPSA) is 99.6 Å². The largest absolute Gasteiger partial charge is 0.614 e. The summed E-state index contributed by atoms with van der Waals surface area (Å²) in [6, 6.07) is 8.49. The minimum absolute atomic E-state index is 0.00706. The number of rotatable bonds is 7. The van der Waals surface area contributed by atoms with Crippen LogP contribution in [0.25, 0.3) is 16.6 Å². The second kappa shape index (κ2) is 12.2. The summed E-state index contributed by atoms with van der Waals surface area (Å²) in [4.78, 5) is 35.5. The van der Waals surface area contributed by atoms with E-state index in [-0.39, 0.29) is 29.4 Å². The van der Waals surface area contributed by atoms with Gasteiger partial charge in [-0.15, -0.1) is 0 Å². The zero-order valence-corrected chi connectivity index (χ0v) is 23.7. The molecule has 3 aromatic rings. The Morgan fingerprint density at radius 2 is 1.71 bits per heavy atom. The number of fused-ring (bicyclic) bond motifs is 1. The van der Waals surface area contributed by atoms with Gasteiger partial charge in [-0.05, 0) is 87.4 Å². The molecule has 1 aromatic carbocycles. The van der Waals surface area contributed by atoms with E-state index in [1.54, 1.807) is 12.3 Å². The number of hydrogen-bond donors (Lipinski definition) is 1. The molecule has 41 heavy (non-hydrogen) atoms. The highest BCUT2D eigenvalue weighted by molar-refractivity contribution is 5.79. The van der Waals surface area contributed by atoms with E-state index in [0.717, 1.165) is 69.2 Å². The molecule has 10 heteroatoms. The van der Waals surface area contributed by atoms with E-state index >= 15 is 0 Å². The summed E-state index contributed by atoms with van der Waals surface area (Å²) in [5.41, 5.74) is 11.6. The molecule has 0 radical (unpaired) electrons. The first-order valence-corrected chi connectivity index (χ1v) is 15.3. The first-order valence-electron chi connectivity index (χ1n) is 15.3. The molecule has 9 nitrogen and oxygen atoms in total. The maximum absolute atomic E-state index is 14.3. The lowest BCUT2D eigenvalue weighted by atomic mass is 9.89. The van der Waals surface area contributed by atoms with Gasteiger partial charge in [-0.2, -0.15) is 0 Å². The van der Waals surface area contributed by atoms with Gasteiger partial charge in [0.15, 0.2) is 0 Å². The Balaban J connectivity index is 1.08. The first kappa shape index (κ1) is 27.8. The lowest BCUT2D eigenvalue weighted by Crippen LogP contribution is -2.55. The molecular weight excluding hydrogens is 521 g/mol. The Labute approximate surface area is 239 Å². The summed E-state index contributed by atoms with van der Waals surface area (Å²) >= 11 is 0. The summed E-state index contributed by atoms with van der Waals surface area (Å²) < 4.78 is 18.0. The molecule has 0 spiro atoms. The van der Waals surface area contributed by atoms with Crippen LogP contribution in [0.5, 0.6) is 0 Å². The lowest BCUT2D eigenvalue weighted by Gasteiger charge is -2.37. The van der Waals surface area contributed by atoms with Crippen molar-refractivity contribution in [3.63, 3.8) is 0 Å². The van der Waals surface area contributed by atoms with Crippen molar-refractivity contribution in [3.05, 3.63) is 63.9 Å². The Morgan fingerprint density at radius 1 is 0.951 bits per heavy atom. The molecular formula is C31H40FN7O2. The van der Waals surface area contributed by atoms with Gasteiger partial charge in [0.2, 0.25) is 5.91 Å². The SMILES string of the molecule is [N-]=[NH+]c1cc(CN2CCC(C(=O)N3CCC(n4c(=O)n(CC5CCCCC5)c5cc(F)ccc54)CC3)CC2)ccn1. The van der Waals surface area contributed by atoms with Crippen LogP contribution in [-0.2, 0) is 17.9 Å². The quantitative estimate of drug-likeness (QED) is 0.445. The number of aromatic nitrogens is 3. The first-order chi connectivity index (χ1) is 20.0. The Kier molecular flexibility index (Phi) is 8.27. The van der Waals surface area contributed by atoms with E-state index in [0.29, 0.717) is 36.9 Å². The third-order valence-corrected chi connectivity index (χ3v) is 9.51. The third-order valence-electron chi connectivity index (χ3n) is 9.51. The summed E-state index contributed by atoms with van der Waals surface area (Å²) in [5.74, 6) is 0.839. The number of imidazole rings is 1. The molecule has 2 aliphatic heterocycles. The van der Waals surface area contributed by atoms with Crippen LogP contribution < -0.4 is 10.8 Å². The van der Waals surface area contributed by atoms with E-state index < -0.39 is 0 Å². The maximum Gasteiger partial charge on any atom is 0.329 e. The molecule has 1 saturated carbocycles. The average molecular weight is 562 g/mol. The maximum atomic E-state index is 14.3. The number of nitrogens with one attached hydrogen (secondary N) is 1. The minimum atomic E-state index is -0.314. The fourth-order valence-electron chi connectivity index (χ4n) is 7.24. The number of carbonyl (C=O) groups excluding carboxylic acids is 1. The molecule has 6 rings (SSSR count). The van der Waals surface area contributed by atoms with Gasteiger partial charge in [-0.3, -0.25) is 18.8 Å². The van der Waals surface area contributed by atoms with Crippen LogP contribution in [-0.4, -0.2) is 56.0 Å². The van der Waals surface area contributed by atoms with E-state index in [1.807, 2.05) is 26.2 Å². The van der Waals surface area contributed by atoms with E-state index in [9.17, 15) is 14.0 Å². The lowest BCUT2D eigenvalue weighted by molar-refractivity contribution is -0.384. The number of carbonyl (C=O) groups is 1. The van der Waals surface area contributed by atoms with E-state index in [4.69, 9.17) is 5.53 Å².